The van der Waals surface area contributed by atoms with Gasteiger partial charge in [0, 0.05) is 30.0 Å². The van der Waals surface area contributed by atoms with Crippen molar-refractivity contribution in [1.82, 2.24) is 4.90 Å². The van der Waals surface area contributed by atoms with Crippen LogP contribution in [-0.2, 0) is 0 Å². The van der Waals surface area contributed by atoms with Crippen LogP contribution >= 0.6 is 0 Å². The molecular weight excluding hydrogens is 226 g/mol. The zero-order chi connectivity index (χ0) is 13.1. The van der Waals surface area contributed by atoms with E-state index in [1.54, 1.807) is 18.2 Å². The highest BCUT2D eigenvalue weighted by molar-refractivity contribution is 5.96. The molecule has 4 N–H and O–H groups in total. The van der Waals surface area contributed by atoms with Crippen LogP contribution in [-0.4, -0.2) is 23.9 Å². The van der Waals surface area contributed by atoms with Crippen molar-refractivity contribution in [2.45, 2.75) is 26.2 Å². The zero-order valence-corrected chi connectivity index (χ0v) is 10.9. The van der Waals surface area contributed by atoms with E-state index in [1.165, 1.54) is 19.3 Å². The Morgan fingerprint density at radius 2 is 1.89 bits per heavy atom. The molecule has 2 rings (SSSR count). The number of carbonyl (C=O) groups excluding carboxylic acids is 1. The van der Waals surface area contributed by atoms with Crippen LogP contribution in [0.25, 0.3) is 0 Å². The molecule has 0 aliphatic heterocycles. The van der Waals surface area contributed by atoms with Gasteiger partial charge in [0.25, 0.3) is 5.91 Å². The number of carbonyl (C=O) groups is 1. The predicted octanol–water partition coefficient (Wildman–Crippen LogP) is 2.11. The van der Waals surface area contributed by atoms with Gasteiger partial charge in [-0.25, -0.2) is 0 Å². The summed E-state index contributed by atoms with van der Waals surface area (Å²) in [5.74, 6) is 0.704. The van der Waals surface area contributed by atoms with E-state index in [1.807, 2.05) is 11.8 Å². The van der Waals surface area contributed by atoms with Crippen LogP contribution in [0.5, 0.6) is 0 Å². The van der Waals surface area contributed by atoms with Crippen molar-refractivity contribution in [2.75, 3.05) is 24.6 Å². The second-order valence-corrected chi connectivity index (χ2v) is 5.03. The molecule has 98 valence electrons. The number of nitrogens with zero attached hydrogens (tertiary/aromatic N) is 1. The van der Waals surface area contributed by atoms with Gasteiger partial charge >= 0.3 is 0 Å². The normalized spacial score (nSPS) is 15.2. The van der Waals surface area contributed by atoms with E-state index in [0.29, 0.717) is 22.9 Å². The Kier molecular flexibility index (Phi) is 3.75. The number of hydrogen-bond acceptors (Lipinski definition) is 3. The highest BCUT2D eigenvalue weighted by atomic mass is 16.2. The Balaban J connectivity index is 2.11. The van der Waals surface area contributed by atoms with Crippen LogP contribution in [0.15, 0.2) is 18.2 Å². The average Bonchev–Trinajstić information content (AvgIpc) is 2.26. The Bertz CT molecular complexity index is 420. The molecular formula is C14H21N3O. The van der Waals surface area contributed by atoms with Gasteiger partial charge in [-0.15, -0.1) is 0 Å². The van der Waals surface area contributed by atoms with E-state index >= 15 is 0 Å². The minimum absolute atomic E-state index is 0.0309. The first kappa shape index (κ1) is 12.7. The van der Waals surface area contributed by atoms with Gasteiger partial charge in [-0.05, 0) is 43.9 Å². The minimum atomic E-state index is 0.0309. The van der Waals surface area contributed by atoms with Crippen LogP contribution in [0.2, 0.25) is 0 Å². The molecule has 0 aromatic heterocycles. The Morgan fingerprint density at radius 3 is 2.33 bits per heavy atom. The van der Waals surface area contributed by atoms with E-state index < -0.39 is 0 Å². The molecule has 1 fully saturated rings. The van der Waals surface area contributed by atoms with Gasteiger partial charge in [0.05, 0.1) is 0 Å². The largest absolute Gasteiger partial charge is 0.399 e. The lowest BCUT2D eigenvalue weighted by atomic mass is 9.85. The summed E-state index contributed by atoms with van der Waals surface area (Å²) < 4.78 is 0. The van der Waals surface area contributed by atoms with Crippen molar-refractivity contribution in [3.05, 3.63) is 23.8 Å². The van der Waals surface area contributed by atoms with E-state index in [4.69, 9.17) is 11.5 Å². The number of anilines is 2. The second kappa shape index (κ2) is 5.29. The first-order valence-electron chi connectivity index (χ1n) is 6.55. The first-order chi connectivity index (χ1) is 8.60. The van der Waals surface area contributed by atoms with Crippen LogP contribution in [0.4, 0.5) is 11.4 Å². The summed E-state index contributed by atoms with van der Waals surface area (Å²) in [6.45, 7) is 3.58. The van der Waals surface area contributed by atoms with Gasteiger partial charge < -0.3 is 16.4 Å². The lowest BCUT2D eigenvalue weighted by molar-refractivity contribution is 0.0706. The van der Waals surface area contributed by atoms with Gasteiger partial charge in [-0.3, -0.25) is 4.79 Å². The third-order valence-corrected chi connectivity index (χ3v) is 3.60. The number of nitrogen functional groups attached to an aromatic ring is 2. The second-order valence-electron chi connectivity index (χ2n) is 5.03. The molecule has 1 aromatic rings. The molecule has 18 heavy (non-hydrogen) atoms. The van der Waals surface area contributed by atoms with Crippen molar-refractivity contribution in [3.8, 4) is 0 Å². The molecule has 1 amide bonds. The van der Waals surface area contributed by atoms with Gasteiger partial charge in [0.1, 0.15) is 0 Å². The van der Waals surface area contributed by atoms with Gasteiger partial charge in [-0.1, -0.05) is 6.42 Å². The number of nitrogens with two attached hydrogens (primary N) is 2. The summed E-state index contributed by atoms with van der Waals surface area (Å²) in [6, 6.07) is 5.06. The summed E-state index contributed by atoms with van der Waals surface area (Å²) >= 11 is 0. The summed E-state index contributed by atoms with van der Waals surface area (Å²) in [5.41, 5.74) is 13.1. The van der Waals surface area contributed by atoms with Crippen molar-refractivity contribution in [2.24, 2.45) is 5.92 Å². The standard InChI is InChI=1S/C14H21N3O/c1-2-17(9-10-4-3-5-10)14(18)11-6-12(15)8-13(16)7-11/h6-8,10H,2-5,9,15-16H2,1H3. The van der Waals surface area contributed by atoms with E-state index in [0.717, 1.165) is 13.1 Å². The predicted molar refractivity (Wildman–Crippen MR) is 74.2 cm³/mol. The van der Waals surface area contributed by atoms with Crippen molar-refractivity contribution in [1.29, 1.82) is 0 Å². The van der Waals surface area contributed by atoms with Crippen LogP contribution in [0.1, 0.15) is 36.5 Å². The molecule has 0 unspecified atom stereocenters. The third-order valence-electron chi connectivity index (χ3n) is 3.60. The Morgan fingerprint density at radius 1 is 1.28 bits per heavy atom. The SMILES string of the molecule is CCN(CC1CCC1)C(=O)c1cc(N)cc(N)c1. The van der Waals surface area contributed by atoms with E-state index in [9.17, 15) is 4.79 Å². The monoisotopic (exact) mass is 247 g/mol. The molecule has 0 heterocycles. The summed E-state index contributed by atoms with van der Waals surface area (Å²) in [7, 11) is 0. The number of rotatable bonds is 4. The lowest BCUT2D eigenvalue weighted by Gasteiger charge is -2.32. The lowest BCUT2D eigenvalue weighted by Crippen LogP contribution is -2.37. The fourth-order valence-corrected chi connectivity index (χ4v) is 2.33. The smallest absolute Gasteiger partial charge is 0.254 e. The molecule has 1 aliphatic carbocycles. The highest BCUT2D eigenvalue weighted by Gasteiger charge is 2.23. The van der Waals surface area contributed by atoms with Crippen molar-refractivity contribution >= 4 is 17.3 Å². The maximum Gasteiger partial charge on any atom is 0.254 e. The molecule has 0 spiro atoms. The van der Waals surface area contributed by atoms with Gasteiger partial charge in [0.15, 0.2) is 0 Å². The fourth-order valence-electron chi connectivity index (χ4n) is 2.33. The molecule has 1 aromatic carbocycles. The van der Waals surface area contributed by atoms with Gasteiger partial charge in [0.2, 0.25) is 0 Å². The van der Waals surface area contributed by atoms with Crippen LogP contribution in [0.3, 0.4) is 0 Å². The number of benzene rings is 1. The first-order valence-corrected chi connectivity index (χ1v) is 6.55. The Labute approximate surface area is 108 Å². The zero-order valence-electron chi connectivity index (χ0n) is 10.9. The summed E-state index contributed by atoms with van der Waals surface area (Å²) in [5, 5.41) is 0. The van der Waals surface area contributed by atoms with Crippen molar-refractivity contribution in [3.63, 3.8) is 0 Å². The number of hydrogen-bond donors (Lipinski definition) is 2. The van der Waals surface area contributed by atoms with E-state index in [2.05, 4.69) is 0 Å². The molecule has 0 bridgehead atoms. The maximum absolute atomic E-state index is 12.4. The Hall–Kier alpha value is -1.71. The minimum Gasteiger partial charge on any atom is -0.399 e. The van der Waals surface area contributed by atoms with Gasteiger partial charge in [-0.2, -0.15) is 0 Å². The molecule has 0 atom stereocenters. The molecule has 1 saturated carbocycles. The third kappa shape index (κ3) is 2.75. The molecule has 4 nitrogen and oxygen atoms in total. The summed E-state index contributed by atoms with van der Waals surface area (Å²) in [6.07, 6.45) is 3.77. The molecule has 1 aliphatic rings. The molecule has 0 radical (unpaired) electrons. The average molecular weight is 247 g/mol. The van der Waals surface area contributed by atoms with E-state index in [-0.39, 0.29) is 5.91 Å². The maximum atomic E-state index is 12.4. The molecule has 4 heteroatoms. The highest BCUT2D eigenvalue weighted by Crippen LogP contribution is 2.27. The fraction of sp³-hybridized carbons (Fsp3) is 0.500. The summed E-state index contributed by atoms with van der Waals surface area (Å²) in [4.78, 5) is 14.3. The van der Waals surface area contributed by atoms with Crippen LogP contribution in [0, 0.1) is 5.92 Å². The quantitative estimate of drug-likeness (QED) is 0.800. The molecule has 0 saturated heterocycles. The number of amides is 1. The van der Waals surface area contributed by atoms with Crippen LogP contribution < -0.4 is 11.5 Å². The topological polar surface area (TPSA) is 72.3 Å². The van der Waals surface area contributed by atoms with Crippen molar-refractivity contribution < 1.29 is 4.79 Å².